The van der Waals surface area contributed by atoms with Crippen LogP contribution in [0.4, 0.5) is 0 Å². The lowest BCUT2D eigenvalue weighted by Gasteiger charge is -2.15. The molecule has 0 bridgehead atoms. The SMILES string of the molecule is COCCC1(CNCc2ccc(C)cc2)CC1. The van der Waals surface area contributed by atoms with Crippen molar-refractivity contribution >= 4 is 0 Å². The first kappa shape index (κ1) is 12.6. The second-order valence-corrected chi connectivity index (χ2v) is 5.33. The van der Waals surface area contributed by atoms with Gasteiger partial charge in [0.25, 0.3) is 0 Å². The molecule has 0 aromatic heterocycles. The molecule has 0 atom stereocenters. The van der Waals surface area contributed by atoms with E-state index in [1.54, 1.807) is 7.11 Å². The van der Waals surface area contributed by atoms with Crippen LogP contribution in [0.25, 0.3) is 0 Å². The molecule has 2 heteroatoms. The first-order valence-corrected chi connectivity index (χ1v) is 6.49. The number of rotatable bonds is 7. The fourth-order valence-electron chi connectivity index (χ4n) is 2.19. The number of aryl methyl sites for hydroxylation is 1. The molecular weight excluding hydrogens is 210 g/mol. The molecule has 0 amide bonds. The fourth-order valence-corrected chi connectivity index (χ4v) is 2.19. The summed E-state index contributed by atoms with van der Waals surface area (Å²) in [6.45, 7) is 5.13. The van der Waals surface area contributed by atoms with Gasteiger partial charge in [-0.3, -0.25) is 0 Å². The van der Waals surface area contributed by atoms with Gasteiger partial charge in [0.2, 0.25) is 0 Å². The highest BCUT2D eigenvalue weighted by atomic mass is 16.5. The van der Waals surface area contributed by atoms with Crippen LogP contribution >= 0.6 is 0 Å². The number of ether oxygens (including phenoxy) is 1. The first-order valence-electron chi connectivity index (χ1n) is 6.49. The topological polar surface area (TPSA) is 21.3 Å². The Morgan fingerprint density at radius 1 is 1.24 bits per heavy atom. The molecule has 0 unspecified atom stereocenters. The summed E-state index contributed by atoms with van der Waals surface area (Å²) in [5.74, 6) is 0. The van der Waals surface area contributed by atoms with E-state index in [1.165, 1.54) is 30.4 Å². The average molecular weight is 233 g/mol. The Morgan fingerprint density at radius 2 is 1.94 bits per heavy atom. The van der Waals surface area contributed by atoms with Gasteiger partial charge in [0, 0.05) is 26.8 Å². The van der Waals surface area contributed by atoms with Crippen molar-refractivity contribution in [2.24, 2.45) is 5.41 Å². The maximum Gasteiger partial charge on any atom is 0.0468 e. The summed E-state index contributed by atoms with van der Waals surface area (Å²) >= 11 is 0. The second kappa shape index (κ2) is 5.65. The van der Waals surface area contributed by atoms with Crippen molar-refractivity contribution in [3.63, 3.8) is 0 Å². The maximum absolute atomic E-state index is 5.17. The van der Waals surface area contributed by atoms with Gasteiger partial charge in [-0.1, -0.05) is 29.8 Å². The molecule has 1 aromatic rings. The van der Waals surface area contributed by atoms with E-state index in [1.807, 2.05) is 0 Å². The first-order chi connectivity index (χ1) is 8.24. The number of hydrogen-bond acceptors (Lipinski definition) is 2. The Kier molecular flexibility index (Phi) is 4.19. The lowest BCUT2D eigenvalue weighted by Crippen LogP contribution is -2.24. The highest BCUT2D eigenvalue weighted by molar-refractivity contribution is 5.21. The quantitative estimate of drug-likeness (QED) is 0.782. The molecule has 1 N–H and O–H groups in total. The molecule has 1 aliphatic carbocycles. The summed E-state index contributed by atoms with van der Waals surface area (Å²) < 4.78 is 5.17. The van der Waals surface area contributed by atoms with E-state index in [4.69, 9.17) is 4.74 Å². The molecule has 0 spiro atoms. The van der Waals surface area contributed by atoms with Crippen molar-refractivity contribution in [2.45, 2.75) is 32.7 Å². The predicted molar refractivity (Wildman–Crippen MR) is 71.0 cm³/mol. The summed E-state index contributed by atoms with van der Waals surface area (Å²) in [6, 6.07) is 8.76. The van der Waals surface area contributed by atoms with E-state index < -0.39 is 0 Å². The number of methoxy groups -OCH3 is 1. The lowest BCUT2D eigenvalue weighted by atomic mass is 10.0. The van der Waals surface area contributed by atoms with E-state index in [0.29, 0.717) is 5.41 Å². The molecule has 1 aromatic carbocycles. The number of nitrogens with one attached hydrogen (secondary N) is 1. The third kappa shape index (κ3) is 3.83. The van der Waals surface area contributed by atoms with Crippen LogP contribution in [-0.2, 0) is 11.3 Å². The van der Waals surface area contributed by atoms with Crippen LogP contribution in [0.1, 0.15) is 30.4 Å². The second-order valence-electron chi connectivity index (χ2n) is 5.33. The van der Waals surface area contributed by atoms with Crippen molar-refractivity contribution in [3.8, 4) is 0 Å². The molecule has 0 saturated heterocycles. The minimum Gasteiger partial charge on any atom is -0.385 e. The molecular formula is C15H23NO. The summed E-state index contributed by atoms with van der Waals surface area (Å²) in [5.41, 5.74) is 3.24. The normalized spacial score (nSPS) is 17.1. The largest absolute Gasteiger partial charge is 0.385 e. The van der Waals surface area contributed by atoms with Crippen molar-refractivity contribution < 1.29 is 4.74 Å². The molecule has 2 nitrogen and oxygen atoms in total. The Hall–Kier alpha value is -0.860. The zero-order chi connectivity index (χ0) is 12.1. The maximum atomic E-state index is 5.17. The zero-order valence-electron chi connectivity index (χ0n) is 11.0. The highest BCUT2D eigenvalue weighted by Gasteiger charge is 2.41. The average Bonchev–Trinajstić information content (AvgIpc) is 3.10. The summed E-state index contributed by atoms with van der Waals surface area (Å²) in [7, 11) is 1.79. The Morgan fingerprint density at radius 3 is 2.53 bits per heavy atom. The third-order valence-corrected chi connectivity index (χ3v) is 3.74. The van der Waals surface area contributed by atoms with Gasteiger partial charge in [-0.15, -0.1) is 0 Å². The van der Waals surface area contributed by atoms with Crippen LogP contribution in [-0.4, -0.2) is 20.3 Å². The minimum absolute atomic E-state index is 0.542. The Balaban J connectivity index is 1.71. The fraction of sp³-hybridized carbons (Fsp3) is 0.600. The van der Waals surface area contributed by atoms with E-state index in [-0.39, 0.29) is 0 Å². The van der Waals surface area contributed by atoms with Crippen LogP contribution in [0.2, 0.25) is 0 Å². The van der Waals surface area contributed by atoms with Crippen LogP contribution in [0.15, 0.2) is 24.3 Å². The summed E-state index contributed by atoms with van der Waals surface area (Å²) in [4.78, 5) is 0. The van der Waals surface area contributed by atoms with Gasteiger partial charge in [0.1, 0.15) is 0 Å². The van der Waals surface area contributed by atoms with Gasteiger partial charge in [0.15, 0.2) is 0 Å². The van der Waals surface area contributed by atoms with Crippen molar-refractivity contribution in [2.75, 3.05) is 20.3 Å². The standard InChI is InChI=1S/C15H23NO/c1-13-3-5-14(6-4-13)11-16-12-15(7-8-15)9-10-17-2/h3-6,16H,7-12H2,1-2H3. The van der Waals surface area contributed by atoms with Crippen LogP contribution < -0.4 is 5.32 Å². The molecule has 0 heterocycles. The zero-order valence-corrected chi connectivity index (χ0v) is 11.0. The van der Waals surface area contributed by atoms with Gasteiger partial charge in [-0.2, -0.15) is 0 Å². The van der Waals surface area contributed by atoms with E-state index >= 15 is 0 Å². The van der Waals surface area contributed by atoms with Gasteiger partial charge in [0.05, 0.1) is 0 Å². The smallest absolute Gasteiger partial charge is 0.0468 e. The van der Waals surface area contributed by atoms with Crippen LogP contribution in [0.5, 0.6) is 0 Å². The Labute approximate surface area is 104 Å². The molecule has 0 aliphatic heterocycles. The van der Waals surface area contributed by atoms with Crippen molar-refractivity contribution in [3.05, 3.63) is 35.4 Å². The third-order valence-electron chi connectivity index (χ3n) is 3.74. The predicted octanol–water partition coefficient (Wildman–Crippen LogP) is 2.90. The van der Waals surface area contributed by atoms with Gasteiger partial charge < -0.3 is 10.1 Å². The van der Waals surface area contributed by atoms with Crippen LogP contribution in [0, 0.1) is 12.3 Å². The molecule has 0 radical (unpaired) electrons. The monoisotopic (exact) mass is 233 g/mol. The molecule has 94 valence electrons. The van der Waals surface area contributed by atoms with Crippen LogP contribution in [0.3, 0.4) is 0 Å². The molecule has 1 aliphatic rings. The van der Waals surface area contributed by atoms with E-state index in [9.17, 15) is 0 Å². The highest BCUT2D eigenvalue weighted by Crippen LogP contribution is 2.48. The van der Waals surface area contributed by atoms with Gasteiger partial charge in [-0.25, -0.2) is 0 Å². The minimum atomic E-state index is 0.542. The van der Waals surface area contributed by atoms with E-state index in [0.717, 1.165) is 19.7 Å². The Bertz CT molecular complexity index is 340. The molecule has 17 heavy (non-hydrogen) atoms. The summed E-state index contributed by atoms with van der Waals surface area (Å²) in [6.07, 6.45) is 3.92. The van der Waals surface area contributed by atoms with Gasteiger partial charge in [-0.05, 0) is 37.2 Å². The molecule has 1 saturated carbocycles. The molecule has 1 fully saturated rings. The van der Waals surface area contributed by atoms with E-state index in [2.05, 4.69) is 36.5 Å². The van der Waals surface area contributed by atoms with Crippen molar-refractivity contribution in [1.29, 1.82) is 0 Å². The summed E-state index contributed by atoms with van der Waals surface area (Å²) in [5, 5.41) is 3.58. The number of benzene rings is 1. The molecule has 2 rings (SSSR count). The van der Waals surface area contributed by atoms with Gasteiger partial charge >= 0.3 is 0 Å². The van der Waals surface area contributed by atoms with Crippen molar-refractivity contribution in [1.82, 2.24) is 5.32 Å². The number of hydrogen-bond donors (Lipinski definition) is 1. The lowest BCUT2D eigenvalue weighted by molar-refractivity contribution is 0.171.